The van der Waals surface area contributed by atoms with E-state index in [-0.39, 0.29) is 12.7 Å². The standard InChI is InChI=1S/C27H27N5O3/c28-25-23(27(33)29-15-18-10-11-21-22(14-18)35-16-34-21)24-26(31-20-9-5-4-8-19(20)30-24)32(25)13-12-17-6-2-1-3-7-17/h4-6,8-11,14H,1-3,7,12-13,15-16,28H2,(H,29,33). The van der Waals surface area contributed by atoms with E-state index in [1.54, 1.807) is 0 Å². The zero-order valence-electron chi connectivity index (χ0n) is 19.4. The summed E-state index contributed by atoms with van der Waals surface area (Å²) in [6.07, 6.45) is 7.97. The van der Waals surface area contributed by atoms with Gasteiger partial charge in [0.15, 0.2) is 17.1 Å². The monoisotopic (exact) mass is 469 g/mol. The normalized spacial score (nSPS) is 14.9. The molecule has 0 radical (unpaired) electrons. The van der Waals surface area contributed by atoms with Gasteiger partial charge in [-0.1, -0.05) is 29.8 Å². The molecule has 6 rings (SSSR count). The largest absolute Gasteiger partial charge is 0.454 e. The second kappa shape index (κ2) is 8.94. The predicted molar refractivity (Wildman–Crippen MR) is 134 cm³/mol. The van der Waals surface area contributed by atoms with Gasteiger partial charge in [0.25, 0.3) is 5.91 Å². The first-order chi connectivity index (χ1) is 17.2. The summed E-state index contributed by atoms with van der Waals surface area (Å²) in [6, 6.07) is 13.3. The van der Waals surface area contributed by atoms with Gasteiger partial charge in [0.1, 0.15) is 16.9 Å². The third-order valence-electron chi connectivity index (χ3n) is 6.75. The molecule has 1 aliphatic heterocycles. The molecule has 0 saturated heterocycles. The number of hydrogen-bond acceptors (Lipinski definition) is 6. The van der Waals surface area contributed by atoms with Crippen molar-refractivity contribution >= 4 is 33.9 Å². The van der Waals surface area contributed by atoms with Crippen molar-refractivity contribution in [3.63, 3.8) is 0 Å². The summed E-state index contributed by atoms with van der Waals surface area (Å²) in [4.78, 5) is 23.1. The molecule has 0 bridgehead atoms. The quantitative estimate of drug-likeness (QED) is 0.396. The summed E-state index contributed by atoms with van der Waals surface area (Å²) >= 11 is 0. The fourth-order valence-corrected chi connectivity index (χ4v) is 4.88. The molecule has 0 fully saturated rings. The van der Waals surface area contributed by atoms with Crippen LogP contribution in [0.5, 0.6) is 11.5 Å². The number of aryl methyl sites for hydroxylation is 1. The Hall–Kier alpha value is -4.07. The van der Waals surface area contributed by atoms with Crippen LogP contribution in [0, 0.1) is 0 Å². The Kier molecular flexibility index (Phi) is 5.48. The molecule has 2 aliphatic rings. The van der Waals surface area contributed by atoms with Crippen LogP contribution in [0.4, 0.5) is 5.82 Å². The number of para-hydroxylation sites is 2. The predicted octanol–water partition coefficient (Wildman–Crippen LogP) is 4.72. The molecule has 35 heavy (non-hydrogen) atoms. The van der Waals surface area contributed by atoms with Crippen molar-refractivity contribution in [2.24, 2.45) is 0 Å². The number of carbonyl (C=O) groups is 1. The summed E-state index contributed by atoms with van der Waals surface area (Å²) in [5.41, 5.74) is 12.0. The Morgan fingerprint density at radius 3 is 2.71 bits per heavy atom. The lowest BCUT2D eigenvalue weighted by molar-refractivity contribution is 0.0953. The van der Waals surface area contributed by atoms with Gasteiger partial charge in [-0.05, 0) is 61.9 Å². The molecular weight excluding hydrogens is 442 g/mol. The highest BCUT2D eigenvalue weighted by Crippen LogP contribution is 2.33. The van der Waals surface area contributed by atoms with Gasteiger partial charge in [-0.2, -0.15) is 0 Å². The fraction of sp³-hybridized carbons (Fsp3) is 0.296. The van der Waals surface area contributed by atoms with Crippen LogP contribution in [0.3, 0.4) is 0 Å². The van der Waals surface area contributed by atoms with Gasteiger partial charge in [0.05, 0.1) is 11.0 Å². The van der Waals surface area contributed by atoms with E-state index >= 15 is 0 Å². The number of hydrogen-bond donors (Lipinski definition) is 2. The number of fused-ring (bicyclic) bond motifs is 3. The first-order valence-corrected chi connectivity index (χ1v) is 12.1. The molecule has 2 aromatic carbocycles. The average Bonchev–Trinajstić information content (AvgIpc) is 3.46. The lowest BCUT2D eigenvalue weighted by Gasteiger charge is -2.14. The average molecular weight is 470 g/mol. The van der Waals surface area contributed by atoms with Crippen LogP contribution in [0.15, 0.2) is 54.1 Å². The van der Waals surface area contributed by atoms with E-state index in [9.17, 15) is 4.79 Å². The van der Waals surface area contributed by atoms with E-state index in [0.29, 0.717) is 47.1 Å². The molecule has 2 aromatic heterocycles. The summed E-state index contributed by atoms with van der Waals surface area (Å²) in [5.74, 6) is 1.52. The van der Waals surface area contributed by atoms with Gasteiger partial charge in [-0.25, -0.2) is 9.97 Å². The Labute approximate surface area is 202 Å². The lowest BCUT2D eigenvalue weighted by Crippen LogP contribution is -2.24. The number of anilines is 1. The summed E-state index contributed by atoms with van der Waals surface area (Å²) in [7, 11) is 0. The van der Waals surface area contributed by atoms with Crippen molar-refractivity contribution in [1.82, 2.24) is 19.9 Å². The second-order valence-electron chi connectivity index (χ2n) is 9.02. The maximum Gasteiger partial charge on any atom is 0.257 e. The molecule has 4 aromatic rings. The SMILES string of the molecule is Nc1c(C(=O)NCc2ccc3c(c2)OCO3)c2nc3ccccc3nc2n1CCC1=CCCCC1. The third-order valence-corrected chi connectivity index (χ3v) is 6.75. The number of nitrogens with one attached hydrogen (secondary N) is 1. The Balaban J connectivity index is 1.33. The molecule has 1 aliphatic carbocycles. The highest BCUT2D eigenvalue weighted by Gasteiger charge is 2.24. The Bertz CT molecular complexity index is 1470. The number of benzene rings is 2. The fourth-order valence-electron chi connectivity index (χ4n) is 4.88. The summed E-state index contributed by atoms with van der Waals surface area (Å²) in [6.45, 7) is 1.21. The van der Waals surface area contributed by atoms with Crippen LogP contribution in [-0.2, 0) is 13.1 Å². The molecule has 0 atom stereocenters. The van der Waals surface area contributed by atoms with Crippen molar-refractivity contribution in [2.75, 3.05) is 12.5 Å². The highest BCUT2D eigenvalue weighted by atomic mass is 16.7. The number of rotatable bonds is 6. The Morgan fingerprint density at radius 1 is 1.06 bits per heavy atom. The van der Waals surface area contributed by atoms with E-state index in [4.69, 9.17) is 25.2 Å². The first kappa shape index (κ1) is 21.5. The number of carbonyl (C=O) groups excluding carboxylic acids is 1. The number of allylic oxidation sites excluding steroid dienone is 2. The molecule has 3 N–H and O–H groups in total. The first-order valence-electron chi connectivity index (χ1n) is 12.1. The smallest absolute Gasteiger partial charge is 0.257 e. The number of nitrogens with zero attached hydrogens (tertiary/aromatic N) is 3. The van der Waals surface area contributed by atoms with E-state index in [1.165, 1.54) is 18.4 Å². The summed E-state index contributed by atoms with van der Waals surface area (Å²) < 4.78 is 12.8. The van der Waals surface area contributed by atoms with Crippen molar-refractivity contribution < 1.29 is 14.3 Å². The van der Waals surface area contributed by atoms with Crippen LogP contribution in [0.1, 0.15) is 48.0 Å². The lowest BCUT2D eigenvalue weighted by atomic mass is 9.97. The topological polar surface area (TPSA) is 104 Å². The minimum Gasteiger partial charge on any atom is -0.454 e. The number of aromatic nitrogens is 3. The molecule has 3 heterocycles. The van der Waals surface area contributed by atoms with Crippen LogP contribution in [0.2, 0.25) is 0 Å². The van der Waals surface area contributed by atoms with E-state index in [0.717, 1.165) is 35.9 Å². The molecule has 0 unspecified atom stereocenters. The van der Waals surface area contributed by atoms with Gasteiger partial charge in [0, 0.05) is 13.1 Å². The van der Waals surface area contributed by atoms with Crippen molar-refractivity contribution in [3.05, 3.63) is 65.2 Å². The zero-order chi connectivity index (χ0) is 23.8. The Morgan fingerprint density at radius 2 is 1.89 bits per heavy atom. The molecule has 0 saturated carbocycles. The van der Waals surface area contributed by atoms with E-state index in [2.05, 4.69) is 11.4 Å². The van der Waals surface area contributed by atoms with Gasteiger partial charge < -0.3 is 25.1 Å². The minimum atomic E-state index is -0.273. The highest BCUT2D eigenvalue weighted by molar-refractivity contribution is 6.10. The molecule has 178 valence electrons. The zero-order valence-corrected chi connectivity index (χ0v) is 19.4. The van der Waals surface area contributed by atoms with Crippen LogP contribution >= 0.6 is 0 Å². The third kappa shape index (κ3) is 4.05. The molecule has 8 nitrogen and oxygen atoms in total. The maximum absolute atomic E-state index is 13.4. The van der Waals surface area contributed by atoms with Gasteiger partial charge in [-0.3, -0.25) is 4.79 Å². The second-order valence-corrected chi connectivity index (χ2v) is 9.02. The number of nitrogens with two attached hydrogens (primary N) is 1. The number of amides is 1. The van der Waals surface area contributed by atoms with Gasteiger partial charge in [-0.15, -0.1) is 0 Å². The summed E-state index contributed by atoms with van der Waals surface area (Å²) in [5, 5.41) is 3.00. The molecule has 0 spiro atoms. The molecule has 8 heteroatoms. The molecular formula is C27H27N5O3. The van der Waals surface area contributed by atoms with Crippen LogP contribution in [-0.4, -0.2) is 27.2 Å². The molecule has 1 amide bonds. The van der Waals surface area contributed by atoms with Crippen molar-refractivity contribution in [1.29, 1.82) is 0 Å². The van der Waals surface area contributed by atoms with Crippen LogP contribution in [0.25, 0.3) is 22.2 Å². The minimum absolute atomic E-state index is 0.213. The van der Waals surface area contributed by atoms with Gasteiger partial charge in [0.2, 0.25) is 6.79 Å². The van der Waals surface area contributed by atoms with Gasteiger partial charge >= 0.3 is 0 Å². The maximum atomic E-state index is 13.4. The number of ether oxygens (including phenoxy) is 2. The van der Waals surface area contributed by atoms with Crippen molar-refractivity contribution in [2.45, 2.75) is 45.2 Å². The van der Waals surface area contributed by atoms with E-state index < -0.39 is 0 Å². The van der Waals surface area contributed by atoms with E-state index in [1.807, 2.05) is 47.0 Å². The number of nitrogen functional groups attached to an aromatic ring is 1. The van der Waals surface area contributed by atoms with Crippen LogP contribution < -0.4 is 20.5 Å². The van der Waals surface area contributed by atoms with Crippen molar-refractivity contribution in [3.8, 4) is 11.5 Å².